The zero-order valence-electron chi connectivity index (χ0n) is 13.9. The van der Waals surface area contributed by atoms with Crippen molar-refractivity contribution in [2.75, 3.05) is 31.1 Å². The monoisotopic (exact) mass is 364 g/mol. The summed E-state index contributed by atoms with van der Waals surface area (Å²) in [4.78, 5) is 23.8. The Morgan fingerprint density at radius 1 is 1.08 bits per heavy atom. The van der Waals surface area contributed by atoms with Crippen LogP contribution in [-0.2, 0) is 0 Å². The molecule has 0 saturated carbocycles. The lowest BCUT2D eigenvalue weighted by molar-refractivity contribution is 0.548. The van der Waals surface area contributed by atoms with Crippen LogP contribution in [0.4, 0.5) is 5.82 Å². The van der Waals surface area contributed by atoms with E-state index < -0.39 is 5.63 Å². The van der Waals surface area contributed by atoms with Gasteiger partial charge in [-0.05, 0) is 30.3 Å². The topological polar surface area (TPSA) is 71.3 Å². The summed E-state index contributed by atoms with van der Waals surface area (Å²) in [5.74, 6) is 0.842. The van der Waals surface area contributed by atoms with E-state index in [1.54, 1.807) is 0 Å². The Morgan fingerprint density at radius 3 is 2.77 bits per heavy atom. The van der Waals surface area contributed by atoms with Crippen LogP contribution < -0.4 is 15.8 Å². The maximum Gasteiger partial charge on any atom is 0.347 e. The first-order valence-corrected chi connectivity index (χ1v) is 9.36. The predicted octanol–water partition coefficient (Wildman–Crippen LogP) is 2.87. The number of anilines is 1. The molecule has 6 nitrogen and oxygen atoms in total. The highest BCUT2D eigenvalue weighted by Crippen LogP contribution is 2.30. The van der Waals surface area contributed by atoms with Gasteiger partial charge in [-0.15, -0.1) is 11.3 Å². The number of benzene rings is 1. The molecular weight excluding hydrogens is 348 g/mol. The maximum atomic E-state index is 12.5. The number of thiazole rings is 1. The Balaban J connectivity index is 1.59. The fourth-order valence-electron chi connectivity index (χ4n) is 3.20. The molecule has 130 valence electrons. The molecule has 0 atom stereocenters. The number of para-hydroxylation sites is 1. The van der Waals surface area contributed by atoms with Gasteiger partial charge < -0.3 is 14.6 Å². The van der Waals surface area contributed by atoms with Gasteiger partial charge in [-0.3, -0.25) is 0 Å². The predicted molar refractivity (Wildman–Crippen MR) is 104 cm³/mol. The third kappa shape index (κ3) is 2.65. The Hall–Kier alpha value is -2.77. The second-order valence-corrected chi connectivity index (χ2v) is 7.27. The fourth-order valence-corrected chi connectivity index (χ4v) is 4.17. The van der Waals surface area contributed by atoms with Gasteiger partial charge >= 0.3 is 5.63 Å². The van der Waals surface area contributed by atoms with Crippen molar-refractivity contribution >= 4 is 38.5 Å². The van der Waals surface area contributed by atoms with Crippen LogP contribution in [0, 0.1) is 0 Å². The smallest absolute Gasteiger partial charge is 0.347 e. The number of hydrogen-bond donors (Lipinski definition) is 1. The summed E-state index contributed by atoms with van der Waals surface area (Å²) in [6.07, 6.45) is 0. The van der Waals surface area contributed by atoms with Crippen molar-refractivity contribution in [2.45, 2.75) is 0 Å². The highest BCUT2D eigenvalue weighted by atomic mass is 32.1. The van der Waals surface area contributed by atoms with Crippen LogP contribution >= 0.6 is 11.3 Å². The van der Waals surface area contributed by atoms with E-state index in [-0.39, 0.29) is 0 Å². The SMILES string of the molecule is O=c1oc2nc(N3CCNCC3)ccc2cc1-c1nc2ccccc2s1. The first-order valence-electron chi connectivity index (χ1n) is 8.54. The van der Waals surface area contributed by atoms with Crippen LogP contribution in [-0.4, -0.2) is 36.1 Å². The molecule has 1 N–H and O–H groups in total. The summed E-state index contributed by atoms with van der Waals surface area (Å²) in [6, 6.07) is 13.6. The molecule has 0 spiro atoms. The number of rotatable bonds is 2. The largest absolute Gasteiger partial charge is 0.403 e. The van der Waals surface area contributed by atoms with Crippen LogP contribution in [0.2, 0.25) is 0 Å². The Kier molecular flexibility index (Phi) is 3.69. The van der Waals surface area contributed by atoms with E-state index in [9.17, 15) is 4.79 Å². The van der Waals surface area contributed by atoms with Crippen molar-refractivity contribution < 1.29 is 4.42 Å². The highest BCUT2D eigenvalue weighted by Gasteiger charge is 2.16. The second-order valence-electron chi connectivity index (χ2n) is 6.24. The Labute approximate surface area is 153 Å². The minimum Gasteiger partial charge on any atom is -0.403 e. The molecule has 1 aliphatic heterocycles. The third-order valence-electron chi connectivity index (χ3n) is 4.55. The summed E-state index contributed by atoms with van der Waals surface area (Å²) in [7, 11) is 0. The van der Waals surface area contributed by atoms with Gasteiger partial charge in [-0.2, -0.15) is 4.98 Å². The molecule has 1 saturated heterocycles. The summed E-state index contributed by atoms with van der Waals surface area (Å²) in [6.45, 7) is 3.65. The van der Waals surface area contributed by atoms with Gasteiger partial charge in [0, 0.05) is 31.6 Å². The third-order valence-corrected chi connectivity index (χ3v) is 5.62. The summed E-state index contributed by atoms with van der Waals surface area (Å²) in [5.41, 5.74) is 1.34. The fraction of sp³-hybridized carbons (Fsp3) is 0.211. The Morgan fingerprint density at radius 2 is 1.92 bits per heavy atom. The molecule has 0 amide bonds. The molecule has 0 radical (unpaired) electrons. The minimum atomic E-state index is -0.401. The number of aromatic nitrogens is 2. The molecule has 3 aromatic heterocycles. The number of pyridine rings is 1. The van der Waals surface area contributed by atoms with E-state index >= 15 is 0 Å². The van der Waals surface area contributed by atoms with Crippen molar-refractivity contribution in [1.29, 1.82) is 0 Å². The minimum absolute atomic E-state index is 0.371. The number of hydrogen-bond acceptors (Lipinski definition) is 7. The van der Waals surface area contributed by atoms with E-state index in [1.165, 1.54) is 11.3 Å². The van der Waals surface area contributed by atoms with E-state index in [0.717, 1.165) is 47.6 Å². The normalized spacial score (nSPS) is 15.0. The quantitative estimate of drug-likeness (QED) is 0.590. The molecule has 7 heteroatoms. The molecule has 1 aliphatic rings. The standard InChI is InChI=1S/C19H16N4O2S/c24-19-13(18-21-14-3-1-2-4-15(14)26-18)11-12-5-6-16(22-17(12)25-19)23-9-7-20-8-10-23/h1-6,11,20H,7-10H2. The molecule has 5 rings (SSSR count). The van der Waals surface area contributed by atoms with Crippen LogP contribution in [0.25, 0.3) is 31.9 Å². The molecule has 0 bridgehead atoms. The van der Waals surface area contributed by atoms with Gasteiger partial charge in [-0.25, -0.2) is 9.78 Å². The van der Waals surface area contributed by atoms with Gasteiger partial charge in [0.1, 0.15) is 10.8 Å². The molecule has 4 aromatic rings. The average Bonchev–Trinajstić information content (AvgIpc) is 3.11. The summed E-state index contributed by atoms with van der Waals surface area (Å²) >= 11 is 1.49. The number of piperazine rings is 1. The van der Waals surface area contributed by atoms with Gasteiger partial charge in [-0.1, -0.05) is 12.1 Å². The molecule has 26 heavy (non-hydrogen) atoms. The zero-order chi connectivity index (χ0) is 17.5. The molecule has 0 unspecified atom stereocenters. The number of nitrogens with zero attached hydrogens (tertiary/aromatic N) is 3. The van der Waals surface area contributed by atoms with E-state index in [4.69, 9.17) is 4.42 Å². The summed E-state index contributed by atoms with van der Waals surface area (Å²) < 4.78 is 6.58. The van der Waals surface area contributed by atoms with Crippen LogP contribution in [0.3, 0.4) is 0 Å². The lowest BCUT2D eigenvalue weighted by atomic mass is 10.2. The Bertz CT molecular complexity index is 1130. The van der Waals surface area contributed by atoms with E-state index in [0.29, 0.717) is 16.3 Å². The molecule has 1 fully saturated rings. The zero-order valence-corrected chi connectivity index (χ0v) is 14.8. The van der Waals surface area contributed by atoms with Crippen molar-refractivity contribution in [1.82, 2.24) is 15.3 Å². The van der Waals surface area contributed by atoms with E-state index in [2.05, 4.69) is 20.2 Å². The lowest BCUT2D eigenvalue weighted by Gasteiger charge is -2.28. The highest BCUT2D eigenvalue weighted by molar-refractivity contribution is 7.21. The average molecular weight is 364 g/mol. The van der Waals surface area contributed by atoms with Crippen molar-refractivity contribution in [2.24, 2.45) is 0 Å². The molecular formula is C19H16N4O2S. The van der Waals surface area contributed by atoms with Crippen LogP contribution in [0.1, 0.15) is 0 Å². The number of nitrogens with one attached hydrogen (secondary N) is 1. The maximum absolute atomic E-state index is 12.5. The molecule has 1 aromatic carbocycles. The second kappa shape index (κ2) is 6.19. The molecule has 0 aliphatic carbocycles. The van der Waals surface area contributed by atoms with Crippen molar-refractivity contribution in [3.05, 3.63) is 52.9 Å². The molecule has 4 heterocycles. The van der Waals surface area contributed by atoms with Gasteiger partial charge in [0.25, 0.3) is 0 Å². The number of fused-ring (bicyclic) bond motifs is 2. The van der Waals surface area contributed by atoms with Crippen LogP contribution in [0.15, 0.2) is 51.7 Å². The van der Waals surface area contributed by atoms with Gasteiger partial charge in [0.05, 0.1) is 15.8 Å². The van der Waals surface area contributed by atoms with Crippen molar-refractivity contribution in [3.8, 4) is 10.6 Å². The van der Waals surface area contributed by atoms with Crippen molar-refractivity contribution in [3.63, 3.8) is 0 Å². The van der Waals surface area contributed by atoms with Gasteiger partial charge in [0.2, 0.25) is 5.71 Å². The van der Waals surface area contributed by atoms with Gasteiger partial charge in [0.15, 0.2) is 0 Å². The first kappa shape index (κ1) is 15.5. The van der Waals surface area contributed by atoms with Crippen LogP contribution in [0.5, 0.6) is 0 Å². The lowest BCUT2D eigenvalue weighted by Crippen LogP contribution is -2.43. The summed E-state index contributed by atoms with van der Waals surface area (Å²) in [5, 5.41) is 4.80. The van der Waals surface area contributed by atoms with E-state index in [1.807, 2.05) is 42.5 Å². The first-order chi connectivity index (χ1) is 12.8.